The van der Waals surface area contributed by atoms with E-state index >= 15 is 0 Å². The number of nitrogens with zero attached hydrogens (tertiary/aromatic N) is 5. The number of rotatable bonds is 6. The number of aliphatic hydroxyl groups excluding tert-OH is 1. The van der Waals surface area contributed by atoms with Crippen LogP contribution in [0, 0.1) is 0 Å². The van der Waals surface area contributed by atoms with E-state index in [0.29, 0.717) is 16.9 Å². The normalized spacial score (nSPS) is 13.9. The number of nitrogens with one attached hydrogen (secondary N) is 1. The zero-order valence-electron chi connectivity index (χ0n) is 14.7. The minimum Gasteiger partial charge on any atom is -0.393 e. The van der Waals surface area contributed by atoms with E-state index in [-0.39, 0.29) is 12.5 Å². The van der Waals surface area contributed by atoms with Gasteiger partial charge in [0, 0.05) is 17.4 Å². The second-order valence-corrected chi connectivity index (χ2v) is 6.43. The standard InChI is InChI=1S/C17H17F3N6O2/c1-16(28,10-27)9-26-8-13(24-25-26)11-3-2-4-12(7-11)22-15-21-6-5-14(23-15)17(18,19)20/h2-8,27-28H,9-10H2,1H3,(H,21,22,23)/t16-/m0/s1. The second kappa shape index (κ2) is 7.52. The number of alkyl halides is 3. The average molecular weight is 394 g/mol. The monoisotopic (exact) mass is 394 g/mol. The molecule has 8 nitrogen and oxygen atoms in total. The van der Waals surface area contributed by atoms with Crippen molar-refractivity contribution in [3.63, 3.8) is 0 Å². The van der Waals surface area contributed by atoms with E-state index in [1.165, 1.54) is 11.6 Å². The average Bonchev–Trinajstić information content (AvgIpc) is 3.09. The molecule has 2 heterocycles. The van der Waals surface area contributed by atoms with Gasteiger partial charge in [0.15, 0.2) is 0 Å². The van der Waals surface area contributed by atoms with E-state index in [0.717, 1.165) is 12.3 Å². The predicted octanol–water partition coefficient (Wildman–Crippen LogP) is 2.24. The van der Waals surface area contributed by atoms with Crippen LogP contribution < -0.4 is 5.32 Å². The Morgan fingerprint density at radius 3 is 2.71 bits per heavy atom. The van der Waals surface area contributed by atoms with Gasteiger partial charge in [0.25, 0.3) is 0 Å². The molecular weight excluding hydrogens is 377 g/mol. The molecule has 3 aromatic rings. The lowest BCUT2D eigenvalue weighted by Crippen LogP contribution is -2.34. The lowest BCUT2D eigenvalue weighted by molar-refractivity contribution is -0.141. The van der Waals surface area contributed by atoms with Crippen LogP contribution in [0.2, 0.25) is 0 Å². The molecule has 1 aromatic carbocycles. The van der Waals surface area contributed by atoms with Crippen LogP contribution in [0.4, 0.5) is 24.8 Å². The van der Waals surface area contributed by atoms with Gasteiger partial charge in [-0.3, -0.25) is 0 Å². The second-order valence-electron chi connectivity index (χ2n) is 6.43. The molecule has 0 radical (unpaired) electrons. The van der Waals surface area contributed by atoms with Gasteiger partial charge >= 0.3 is 6.18 Å². The molecule has 28 heavy (non-hydrogen) atoms. The molecule has 0 aliphatic heterocycles. The third-order valence-electron chi connectivity index (χ3n) is 3.74. The Hall–Kier alpha value is -3.05. The largest absolute Gasteiger partial charge is 0.433 e. The van der Waals surface area contributed by atoms with Crippen LogP contribution >= 0.6 is 0 Å². The maximum Gasteiger partial charge on any atom is 0.433 e. The molecule has 3 N–H and O–H groups in total. The van der Waals surface area contributed by atoms with Crippen LogP contribution in [0.15, 0.2) is 42.7 Å². The number of aliphatic hydroxyl groups is 2. The summed E-state index contributed by atoms with van der Waals surface area (Å²) in [6, 6.07) is 7.53. The first kappa shape index (κ1) is 19.7. The van der Waals surface area contributed by atoms with Crippen LogP contribution in [0.3, 0.4) is 0 Å². The quantitative estimate of drug-likeness (QED) is 0.588. The van der Waals surface area contributed by atoms with Crippen molar-refractivity contribution in [1.82, 2.24) is 25.0 Å². The number of aromatic nitrogens is 5. The SMILES string of the molecule is C[C@@](O)(CO)Cn1cc(-c2cccc(Nc3nccc(C(F)(F)F)n3)c2)nn1. The van der Waals surface area contributed by atoms with Crippen molar-refractivity contribution < 1.29 is 23.4 Å². The number of anilines is 2. The Morgan fingerprint density at radius 2 is 2.00 bits per heavy atom. The topological polar surface area (TPSA) is 109 Å². The lowest BCUT2D eigenvalue weighted by Gasteiger charge is -2.19. The zero-order valence-corrected chi connectivity index (χ0v) is 14.7. The Balaban J connectivity index is 1.79. The highest BCUT2D eigenvalue weighted by atomic mass is 19.4. The van der Waals surface area contributed by atoms with Crippen molar-refractivity contribution in [2.24, 2.45) is 0 Å². The third kappa shape index (κ3) is 4.81. The van der Waals surface area contributed by atoms with E-state index in [1.807, 2.05) is 0 Å². The fourth-order valence-corrected chi connectivity index (χ4v) is 2.37. The van der Waals surface area contributed by atoms with Crippen molar-refractivity contribution in [3.05, 3.63) is 48.4 Å². The van der Waals surface area contributed by atoms with Gasteiger partial charge in [0.2, 0.25) is 5.95 Å². The summed E-state index contributed by atoms with van der Waals surface area (Å²) in [5.41, 5.74) is -0.780. The number of hydrogen-bond donors (Lipinski definition) is 3. The van der Waals surface area contributed by atoms with E-state index in [9.17, 15) is 18.3 Å². The van der Waals surface area contributed by atoms with Crippen LogP contribution in [0.5, 0.6) is 0 Å². The summed E-state index contributed by atoms with van der Waals surface area (Å²) < 4.78 is 39.7. The molecule has 2 aromatic heterocycles. The highest BCUT2D eigenvalue weighted by Crippen LogP contribution is 2.28. The molecular formula is C17H17F3N6O2. The van der Waals surface area contributed by atoms with Crippen LogP contribution in [-0.2, 0) is 12.7 Å². The van der Waals surface area contributed by atoms with Crippen molar-refractivity contribution >= 4 is 11.6 Å². The molecule has 148 valence electrons. The molecule has 0 amide bonds. The van der Waals surface area contributed by atoms with Gasteiger partial charge in [-0.05, 0) is 25.1 Å². The molecule has 0 saturated heterocycles. The summed E-state index contributed by atoms with van der Waals surface area (Å²) in [7, 11) is 0. The zero-order chi connectivity index (χ0) is 20.4. The van der Waals surface area contributed by atoms with Gasteiger partial charge in [-0.1, -0.05) is 17.3 Å². The molecule has 0 saturated carbocycles. The fraction of sp³-hybridized carbons (Fsp3) is 0.294. The Kier molecular flexibility index (Phi) is 5.29. The van der Waals surface area contributed by atoms with E-state index in [2.05, 4.69) is 25.6 Å². The first-order valence-corrected chi connectivity index (χ1v) is 8.17. The minimum atomic E-state index is -4.56. The summed E-state index contributed by atoms with van der Waals surface area (Å²) in [6.07, 6.45) is -1.94. The highest BCUT2D eigenvalue weighted by Gasteiger charge is 2.32. The van der Waals surface area contributed by atoms with Crippen molar-refractivity contribution in [2.75, 3.05) is 11.9 Å². The van der Waals surface area contributed by atoms with Gasteiger partial charge in [-0.25, -0.2) is 14.6 Å². The highest BCUT2D eigenvalue weighted by molar-refractivity contribution is 5.66. The van der Waals surface area contributed by atoms with Gasteiger partial charge in [0.05, 0.1) is 19.3 Å². The molecule has 0 spiro atoms. The fourth-order valence-electron chi connectivity index (χ4n) is 2.37. The number of benzene rings is 1. The smallest absolute Gasteiger partial charge is 0.393 e. The van der Waals surface area contributed by atoms with Crippen LogP contribution in [-0.4, -0.2) is 47.4 Å². The van der Waals surface area contributed by atoms with Crippen LogP contribution in [0.25, 0.3) is 11.3 Å². The minimum absolute atomic E-state index is 0.0481. The van der Waals surface area contributed by atoms with E-state index in [4.69, 9.17) is 5.11 Å². The molecule has 0 bridgehead atoms. The summed E-state index contributed by atoms with van der Waals surface area (Å²) in [5.74, 6) is -0.186. The first-order valence-electron chi connectivity index (χ1n) is 8.17. The molecule has 3 rings (SSSR count). The summed E-state index contributed by atoms with van der Waals surface area (Å²) in [5, 5.41) is 29.7. The Morgan fingerprint density at radius 1 is 1.21 bits per heavy atom. The van der Waals surface area contributed by atoms with Gasteiger partial charge in [-0.15, -0.1) is 5.10 Å². The molecule has 0 aliphatic carbocycles. The van der Waals surface area contributed by atoms with Gasteiger partial charge in [-0.2, -0.15) is 13.2 Å². The summed E-state index contributed by atoms with van der Waals surface area (Å²) >= 11 is 0. The van der Waals surface area contributed by atoms with Crippen molar-refractivity contribution in [2.45, 2.75) is 25.2 Å². The van der Waals surface area contributed by atoms with E-state index in [1.54, 1.807) is 30.5 Å². The number of halogens is 3. The molecule has 11 heteroatoms. The first-order chi connectivity index (χ1) is 13.2. The van der Waals surface area contributed by atoms with E-state index < -0.39 is 24.1 Å². The number of hydrogen-bond acceptors (Lipinski definition) is 7. The summed E-state index contributed by atoms with van der Waals surface area (Å²) in [6.45, 7) is 1.08. The van der Waals surface area contributed by atoms with Crippen molar-refractivity contribution in [1.29, 1.82) is 0 Å². The lowest BCUT2D eigenvalue weighted by atomic mass is 10.1. The maximum atomic E-state index is 12.8. The third-order valence-corrected chi connectivity index (χ3v) is 3.74. The molecule has 0 aliphatic rings. The maximum absolute atomic E-state index is 12.8. The summed E-state index contributed by atoms with van der Waals surface area (Å²) in [4.78, 5) is 7.26. The van der Waals surface area contributed by atoms with Crippen LogP contribution in [0.1, 0.15) is 12.6 Å². The van der Waals surface area contributed by atoms with Gasteiger partial charge < -0.3 is 15.5 Å². The Bertz CT molecular complexity index is 958. The van der Waals surface area contributed by atoms with Crippen molar-refractivity contribution in [3.8, 4) is 11.3 Å². The molecule has 0 fully saturated rings. The predicted molar refractivity (Wildman–Crippen MR) is 93.5 cm³/mol. The van der Waals surface area contributed by atoms with Gasteiger partial charge in [0.1, 0.15) is 17.0 Å². The Labute approximate surface area is 157 Å². The molecule has 1 atom stereocenters. The molecule has 0 unspecified atom stereocenters.